The second kappa shape index (κ2) is 9.28. The fourth-order valence-electron chi connectivity index (χ4n) is 3.30. The van der Waals surface area contributed by atoms with E-state index < -0.39 is 0 Å². The van der Waals surface area contributed by atoms with Crippen molar-refractivity contribution >= 4 is 0 Å². The lowest BCUT2D eigenvalue weighted by atomic mass is 9.84. The number of rotatable bonds is 5. The van der Waals surface area contributed by atoms with Crippen molar-refractivity contribution < 1.29 is 9.13 Å². The van der Waals surface area contributed by atoms with Crippen LogP contribution < -0.4 is 0 Å². The molecule has 1 fully saturated rings. The Morgan fingerprint density at radius 3 is 2.79 bits per heavy atom. The van der Waals surface area contributed by atoms with Crippen LogP contribution in [0.15, 0.2) is 65.7 Å². The number of hydrogen-bond acceptors (Lipinski definition) is 2. The van der Waals surface area contributed by atoms with E-state index in [-0.39, 0.29) is 17.7 Å². The summed E-state index contributed by atoms with van der Waals surface area (Å²) in [5, 5.41) is 0. The number of likely N-dealkylation sites (tertiary alicyclic amines) is 1. The monoisotopic (exact) mass is 325 g/mol. The fraction of sp³-hybridized carbons (Fsp3) is 0.429. The van der Waals surface area contributed by atoms with Crippen molar-refractivity contribution in [3.8, 4) is 0 Å². The third kappa shape index (κ3) is 4.71. The van der Waals surface area contributed by atoms with Gasteiger partial charge in [0.15, 0.2) is 5.83 Å². The van der Waals surface area contributed by atoms with E-state index in [0.717, 1.165) is 19.5 Å². The number of methoxy groups -OCH3 is 1. The van der Waals surface area contributed by atoms with Crippen LogP contribution in [-0.4, -0.2) is 31.7 Å². The summed E-state index contributed by atoms with van der Waals surface area (Å²) in [6, 6.07) is 10.7. The summed E-state index contributed by atoms with van der Waals surface area (Å²) in [6.07, 6.45) is 0.740. The SMILES string of the molecule is C=C=C=C=C=C(F)[C@@H]1CCN([C@@H](C)c2ccccc2)C[C@H]1COC. The first-order chi connectivity index (χ1) is 11.7. The maximum Gasteiger partial charge on any atom is 0.154 e. The molecule has 0 saturated carbocycles. The molecular weight excluding hydrogens is 301 g/mol. The molecule has 1 aliphatic heterocycles. The Hall–Kier alpha value is -2.07. The van der Waals surface area contributed by atoms with Gasteiger partial charge in [-0.25, -0.2) is 4.39 Å². The number of nitrogens with zero attached hydrogens (tertiary/aromatic N) is 1. The highest BCUT2D eigenvalue weighted by Gasteiger charge is 2.34. The lowest BCUT2D eigenvalue weighted by Gasteiger charge is -2.40. The van der Waals surface area contributed by atoms with Gasteiger partial charge in [-0.2, -0.15) is 0 Å². The predicted octanol–water partition coefficient (Wildman–Crippen LogP) is 4.44. The van der Waals surface area contributed by atoms with Gasteiger partial charge in [0.05, 0.1) is 6.61 Å². The molecule has 3 heteroatoms. The fourth-order valence-corrected chi connectivity index (χ4v) is 3.30. The van der Waals surface area contributed by atoms with E-state index in [1.165, 1.54) is 5.56 Å². The first-order valence-electron chi connectivity index (χ1n) is 8.25. The summed E-state index contributed by atoms with van der Waals surface area (Å²) in [5.41, 5.74) is 11.2. The van der Waals surface area contributed by atoms with Gasteiger partial charge in [-0.05, 0) is 49.2 Å². The number of halogens is 1. The van der Waals surface area contributed by atoms with E-state index in [4.69, 9.17) is 4.74 Å². The van der Waals surface area contributed by atoms with E-state index in [1.807, 2.05) is 6.07 Å². The predicted molar refractivity (Wildman–Crippen MR) is 94.2 cm³/mol. The molecule has 0 bridgehead atoms. The van der Waals surface area contributed by atoms with Crippen LogP contribution in [0.1, 0.15) is 24.9 Å². The van der Waals surface area contributed by atoms with Crippen molar-refractivity contribution in [3.05, 3.63) is 71.2 Å². The zero-order chi connectivity index (χ0) is 17.4. The van der Waals surface area contributed by atoms with Crippen LogP contribution in [0.3, 0.4) is 0 Å². The average molecular weight is 325 g/mol. The Bertz CT molecular complexity index is 688. The molecule has 1 aliphatic rings. The summed E-state index contributed by atoms with van der Waals surface area (Å²) in [5.74, 6) is -0.382. The Labute approximate surface area is 143 Å². The molecule has 3 atom stereocenters. The van der Waals surface area contributed by atoms with Crippen LogP contribution in [0.2, 0.25) is 0 Å². The molecule has 1 saturated heterocycles. The molecule has 126 valence electrons. The number of allylic oxidation sites excluding steroid dienone is 1. The van der Waals surface area contributed by atoms with Crippen molar-refractivity contribution in [1.29, 1.82) is 0 Å². The molecule has 0 N–H and O–H groups in total. The maximum absolute atomic E-state index is 14.4. The van der Waals surface area contributed by atoms with Crippen LogP contribution in [0, 0.1) is 11.8 Å². The summed E-state index contributed by atoms with van der Waals surface area (Å²) in [7, 11) is 1.66. The molecule has 2 nitrogen and oxygen atoms in total. The Morgan fingerprint density at radius 2 is 2.12 bits per heavy atom. The summed E-state index contributed by atoms with van der Waals surface area (Å²) in [6.45, 7) is 7.74. The van der Waals surface area contributed by atoms with Crippen molar-refractivity contribution in [3.63, 3.8) is 0 Å². The first-order valence-corrected chi connectivity index (χ1v) is 8.25. The normalized spacial score (nSPS) is 21.8. The Kier molecular flexibility index (Phi) is 7.07. The van der Waals surface area contributed by atoms with Crippen molar-refractivity contribution in [2.45, 2.75) is 19.4 Å². The second-order valence-corrected chi connectivity index (χ2v) is 6.09. The number of piperidine rings is 1. The number of ether oxygens (including phenoxy) is 1. The van der Waals surface area contributed by atoms with E-state index in [9.17, 15) is 4.39 Å². The molecule has 24 heavy (non-hydrogen) atoms. The smallest absolute Gasteiger partial charge is 0.154 e. The highest BCUT2D eigenvalue weighted by molar-refractivity contribution is 5.18. The molecule has 2 rings (SSSR count). The summed E-state index contributed by atoms with van der Waals surface area (Å²) >= 11 is 0. The van der Waals surface area contributed by atoms with Gasteiger partial charge in [-0.3, -0.25) is 4.90 Å². The third-order valence-electron chi connectivity index (χ3n) is 4.63. The highest BCUT2D eigenvalue weighted by Crippen LogP contribution is 2.34. The van der Waals surface area contributed by atoms with Gasteiger partial charge in [0.1, 0.15) is 0 Å². The van der Waals surface area contributed by atoms with E-state index in [2.05, 4.69) is 65.6 Å². The average Bonchev–Trinajstić information content (AvgIpc) is 2.62. The number of benzene rings is 1. The Balaban J connectivity index is 2.17. The zero-order valence-corrected chi connectivity index (χ0v) is 14.4. The molecule has 0 aliphatic carbocycles. The highest BCUT2D eigenvalue weighted by atomic mass is 19.1. The van der Waals surface area contributed by atoms with Gasteiger partial charge in [0, 0.05) is 31.5 Å². The van der Waals surface area contributed by atoms with Gasteiger partial charge in [-0.1, -0.05) is 36.1 Å². The van der Waals surface area contributed by atoms with Crippen LogP contribution in [0.5, 0.6) is 0 Å². The maximum atomic E-state index is 14.4. The molecule has 0 radical (unpaired) electrons. The zero-order valence-electron chi connectivity index (χ0n) is 14.4. The molecule has 0 aromatic heterocycles. The summed E-state index contributed by atoms with van der Waals surface area (Å²) in [4.78, 5) is 2.39. The summed E-state index contributed by atoms with van der Waals surface area (Å²) < 4.78 is 19.7. The molecule has 1 aromatic rings. The Morgan fingerprint density at radius 1 is 1.38 bits per heavy atom. The lowest BCUT2D eigenvalue weighted by molar-refractivity contribution is 0.0394. The second-order valence-electron chi connectivity index (χ2n) is 6.09. The molecule has 1 aromatic carbocycles. The topological polar surface area (TPSA) is 12.5 Å². The van der Waals surface area contributed by atoms with Crippen molar-refractivity contribution in [1.82, 2.24) is 4.90 Å². The molecule has 0 unspecified atom stereocenters. The largest absolute Gasteiger partial charge is 0.384 e. The minimum Gasteiger partial charge on any atom is -0.384 e. The molecular formula is C21H24FNO. The van der Waals surface area contributed by atoms with Crippen LogP contribution in [0.4, 0.5) is 4.39 Å². The third-order valence-corrected chi connectivity index (χ3v) is 4.63. The first kappa shape index (κ1) is 18.3. The van der Waals surface area contributed by atoms with Gasteiger partial charge in [0.25, 0.3) is 0 Å². The van der Waals surface area contributed by atoms with Crippen molar-refractivity contribution in [2.24, 2.45) is 11.8 Å². The van der Waals surface area contributed by atoms with E-state index in [1.54, 1.807) is 7.11 Å². The van der Waals surface area contributed by atoms with Crippen LogP contribution in [-0.2, 0) is 4.74 Å². The van der Waals surface area contributed by atoms with Gasteiger partial charge in [0.2, 0.25) is 0 Å². The quantitative estimate of drug-likeness (QED) is 0.742. The standard InChI is InChI=1S/C21H24FNO/c1-4-5-7-12-21(22)20-13-14-23(15-19(20)16-24-3)17(2)18-10-8-6-9-11-18/h6,8-11,17,19-20H,1,13-16H2,2-3H3/t17-,19-,20+/m0/s1. The van der Waals surface area contributed by atoms with Gasteiger partial charge in [-0.15, -0.1) is 0 Å². The van der Waals surface area contributed by atoms with E-state index in [0.29, 0.717) is 12.6 Å². The van der Waals surface area contributed by atoms with Crippen LogP contribution >= 0.6 is 0 Å². The van der Waals surface area contributed by atoms with Gasteiger partial charge < -0.3 is 4.74 Å². The minimum atomic E-state index is -0.285. The minimum absolute atomic E-state index is 0.0944. The molecule has 0 amide bonds. The molecule has 0 spiro atoms. The van der Waals surface area contributed by atoms with E-state index >= 15 is 0 Å². The lowest BCUT2D eigenvalue weighted by Crippen LogP contribution is -2.43. The van der Waals surface area contributed by atoms with Crippen LogP contribution in [0.25, 0.3) is 0 Å². The number of hydrogen-bond donors (Lipinski definition) is 0. The van der Waals surface area contributed by atoms with Crippen molar-refractivity contribution in [2.75, 3.05) is 26.8 Å². The van der Waals surface area contributed by atoms with Gasteiger partial charge >= 0.3 is 0 Å². The molecule has 1 heterocycles.